The second-order valence-corrected chi connectivity index (χ2v) is 8.53. The number of halogens is 2. The number of hydrogen-bond acceptors (Lipinski definition) is 6. The van der Waals surface area contributed by atoms with E-state index in [1.54, 1.807) is 30.3 Å². The van der Waals surface area contributed by atoms with Crippen LogP contribution in [-0.2, 0) is 7.05 Å². The monoisotopic (exact) mass is 454 g/mol. The Balaban J connectivity index is 1.36. The average molecular weight is 455 g/mol. The Bertz CT molecular complexity index is 1270. The molecule has 2 aliphatic rings. The molecule has 0 radical (unpaired) electrons. The first-order valence-electron chi connectivity index (χ1n) is 10.2. The van der Waals surface area contributed by atoms with E-state index in [-0.39, 0.29) is 45.8 Å². The van der Waals surface area contributed by atoms with E-state index in [0.29, 0.717) is 24.6 Å². The van der Waals surface area contributed by atoms with Crippen molar-refractivity contribution in [2.45, 2.75) is 6.04 Å². The molecule has 1 aliphatic carbocycles. The zero-order valence-electron chi connectivity index (χ0n) is 17.4. The summed E-state index contributed by atoms with van der Waals surface area (Å²) in [6.07, 6.45) is 4.12. The van der Waals surface area contributed by atoms with Crippen molar-refractivity contribution in [2.75, 3.05) is 25.0 Å². The molecule has 0 spiro atoms. The van der Waals surface area contributed by atoms with Crippen molar-refractivity contribution in [3.05, 3.63) is 69.7 Å². The summed E-state index contributed by atoms with van der Waals surface area (Å²) in [4.78, 5) is 41.4. The number of nitrogens with zero attached hydrogens (tertiary/aromatic N) is 6. The summed E-state index contributed by atoms with van der Waals surface area (Å²) in [7, 11) is 3.52. The van der Waals surface area contributed by atoms with Gasteiger partial charge in [-0.15, -0.1) is 0 Å². The number of piperidine rings is 1. The SMILES string of the molecule is CN(c1nc(-c2ccncc2F)cc(=O)n1C)[C@@H]1[C@@H]2CN(C(=O)c3cccnc3Cl)C[C@@H]21. The first-order chi connectivity index (χ1) is 15.4. The fourth-order valence-corrected chi connectivity index (χ4v) is 4.85. The van der Waals surface area contributed by atoms with Gasteiger partial charge in [0.25, 0.3) is 11.5 Å². The molecule has 1 saturated carbocycles. The fraction of sp³-hybridized carbons (Fsp3) is 0.318. The first-order valence-corrected chi connectivity index (χ1v) is 10.5. The van der Waals surface area contributed by atoms with Crippen molar-refractivity contribution in [3.8, 4) is 11.3 Å². The van der Waals surface area contributed by atoms with E-state index in [1.807, 2.05) is 11.9 Å². The largest absolute Gasteiger partial charge is 0.342 e. The molecule has 4 heterocycles. The van der Waals surface area contributed by atoms with Crippen LogP contribution in [0.15, 0.2) is 47.7 Å². The number of pyridine rings is 2. The van der Waals surface area contributed by atoms with Crippen molar-refractivity contribution in [2.24, 2.45) is 18.9 Å². The zero-order chi connectivity index (χ0) is 22.6. The summed E-state index contributed by atoms with van der Waals surface area (Å²) in [5.41, 5.74) is 0.621. The molecule has 3 atom stereocenters. The van der Waals surface area contributed by atoms with Crippen molar-refractivity contribution >= 4 is 23.5 Å². The number of anilines is 1. The number of rotatable bonds is 4. The lowest BCUT2D eigenvalue weighted by Crippen LogP contribution is -2.38. The van der Waals surface area contributed by atoms with Gasteiger partial charge in [0, 0.05) is 69.1 Å². The Labute approximate surface area is 188 Å². The maximum Gasteiger partial charge on any atom is 0.257 e. The summed E-state index contributed by atoms with van der Waals surface area (Å²) in [5, 5.41) is 0.200. The Hall–Kier alpha value is -3.33. The van der Waals surface area contributed by atoms with Crippen molar-refractivity contribution in [3.63, 3.8) is 0 Å². The minimum Gasteiger partial charge on any atom is -0.342 e. The van der Waals surface area contributed by atoms with Crippen LogP contribution in [0.5, 0.6) is 0 Å². The van der Waals surface area contributed by atoms with E-state index in [1.165, 1.54) is 22.9 Å². The highest BCUT2D eigenvalue weighted by Gasteiger charge is 2.59. The molecule has 3 aromatic heterocycles. The third-order valence-corrected chi connectivity index (χ3v) is 6.65. The topological polar surface area (TPSA) is 84.2 Å². The maximum atomic E-state index is 14.2. The van der Waals surface area contributed by atoms with E-state index in [4.69, 9.17) is 11.6 Å². The lowest BCUT2D eigenvalue weighted by Gasteiger charge is -2.26. The molecule has 10 heteroatoms. The van der Waals surface area contributed by atoms with Crippen LogP contribution in [0.25, 0.3) is 11.3 Å². The van der Waals surface area contributed by atoms with Crippen LogP contribution >= 0.6 is 11.6 Å². The normalized spacial score (nSPS) is 21.4. The predicted octanol–water partition coefficient (Wildman–Crippen LogP) is 2.24. The molecular formula is C22H20ClFN6O2. The van der Waals surface area contributed by atoms with Gasteiger partial charge in [-0.3, -0.25) is 19.1 Å². The van der Waals surface area contributed by atoms with Gasteiger partial charge in [0.15, 0.2) is 5.82 Å². The molecule has 32 heavy (non-hydrogen) atoms. The molecule has 5 rings (SSSR count). The highest BCUT2D eigenvalue weighted by Crippen LogP contribution is 2.49. The Kier molecular flexibility index (Phi) is 4.93. The number of aromatic nitrogens is 4. The predicted molar refractivity (Wildman–Crippen MR) is 117 cm³/mol. The highest BCUT2D eigenvalue weighted by molar-refractivity contribution is 6.32. The van der Waals surface area contributed by atoms with Crippen LogP contribution in [-0.4, -0.2) is 56.5 Å². The van der Waals surface area contributed by atoms with E-state index in [9.17, 15) is 14.0 Å². The lowest BCUT2D eigenvalue weighted by atomic mass is 10.2. The number of likely N-dealkylation sites (tertiary alicyclic amines) is 1. The maximum absolute atomic E-state index is 14.2. The van der Waals surface area contributed by atoms with Gasteiger partial charge in [-0.25, -0.2) is 14.4 Å². The van der Waals surface area contributed by atoms with Crippen molar-refractivity contribution in [1.29, 1.82) is 0 Å². The zero-order valence-corrected chi connectivity index (χ0v) is 18.2. The number of fused-ring (bicyclic) bond motifs is 1. The van der Waals surface area contributed by atoms with Crippen molar-refractivity contribution in [1.82, 2.24) is 24.4 Å². The quantitative estimate of drug-likeness (QED) is 0.562. The van der Waals surface area contributed by atoms with Crippen LogP contribution in [0.1, 0.15) is 10.4 Å². The molecule has 0 unspecified atom stereocenters. The summed E-state index contributed by atoms with van der Waals surface area (Å²) >= 11 is 6.07. The molecule has 0 bridgehead atoms. The summed E-state index contributed by atoms with van der Waals surface area (Å²) in [6.45, 7) is 1.19. The lowest BCUT2D eigenvalue weighted by molar-refractivity contribution is 0.0772. The standard InChI is InChI=1S/C22H20ClFN6O2/c1-28-18(31)8-17(12-5-7-25-9-16(12)24)27-22(28)29(2)19-14-10-30(11-15(14)19)21(32)13-4-3-6-26-20(13)23/h3-9,14-15,19H,10-11H2,1-2H3/t14-,15+,19-. The molecule has 1 amide bonds. The molecular weight excluding hydrogens is 435 g/mol. The molecule has 1 aliphatic heterocycles. The van der Waals surface area contributed by atoms with E-state index < -0.39 is 5.82 Å². The Morgan fingerprint density at radius 3 is 2.69 bits per heavy atom. The second kappa shape index (κ2) is 7.67. The van der Waals surface area contributed by atoms with E-state index in [2.05, 4.69) is 15.0 Å². The molecule has 3 aromatic rings. The van der Waals surface area contributed by atoms with E-state index in [0.717, 1.165) is 6.20 Å². The van der Waals surface area contributed by atoms with Gasteiger partial charge in [-0.2, -0.15) is 0 Å². The van der Waals surface area contributed by atoms with Gasteiger partial charge >= 0.3 is 0 Å². The molecule has 2 fully saturated rings. The van der Waals surface area contributed by atoms with Crippen LogP contribution in [0.3, 0.4) is 0 Å². The Morgan fingerprint density at radius 1 is 1.25 bits per heavy atom. The third kappa shape index (κ3) is 3.33. The van der Waals surface area contributed by atoms with Crippen LogP contribution in [0, 0.1) is 17.7 Å². The molecule has 0 aromatic carbocycles. The smallest absolute Gasteiger partial charge is 0.257 e. The number of hydrogen-bond donors (Lipinski definition) is 0. The fourth-order valence-electron chi connectivity index (χ4n) is 4.65. The number of carbonyl (C=O) groups excluding carboxylic acids is 1. The van der Waals surface area contributed by atoms with Gasteiger partial charge < -0.3 is 9.80 Å². The summed E-state index contributed by atoms with van der Waals surface area (Å²) in [5.74, 6) is 0.317. The molecule has 0 N–H and O–H groups in total. The van der Waals surface area contributed by atoms with Gasteiger partial charge in [-0.1, -0.05) is 11.6 Å². The number of amides is 1. The second-order valence-electron chi connectivity index (χ2n) is 8.18. The van der Waals surface area contributed by atoms with Crippen LogP contribution in [0.2, 0.25) is 5.15 Å². The third-order valence-electron chi connectivity index (χ3n) is 6.35. The first kappa shape index (κ1) is 20.6. The minimum absolute atomic E-state index is 0.127. The number of carbonyl (C=O) groups is 1. The van der Waals surface area contributed by atoms with Gasteiger partial charge in [-0.05, 0) is 18.2 Å². The molecule has 164 valence electrons. The average Bonchev–Trinajstić information content (AvgIpc) is 3.28. The highest BCUT2D eigenvalue weighted by atomic mass is 35.5. The summed E-state index contributed by atoms with van der Waals surface area (Å²) < 4.78 is 15.7. The van der Waals surface area contributed by atoms with Crippen molar-refractivity contribution < 1.29 is 9.18 Å². The molecule has 1 saturated heterocycles. The van der Waals surface area contributed by atoms with Gasteiger partial charge in [0.2, 0.25) is 5.95 Å². The van der Waals surface area contributed by atoms with Gasteiger partial charge in [0.1, 0.15) is 5.15 Å². The summed E-state index contributed by atoms with van der Waals surface area (Å²) in [6, 6.07) is 6.33. The molecule has 8 nitrogen and oxygen atoms in total. The van der Waals surface area contributed by atoms with Crippen LogP contribution < -0.4 is 10.5 Å². The van der Waals surface area contributed by atoms with Crippen LogP contribution in [0.4, 0.5) is 10.3 Å². The van der Waals surface area contributed by atoms with E-state index >= 15 is 0 Å². The Morgan fingerprint density at radius 2 is 2.00 bits per heavy atom. The van der Waals surface area contributed by atoms with Gasteiger partial charge in [0.05, 0.1) is 17.5 Å². The minimum atomic E-state index is -0.534.